The molecule has 3 aromatic rings. The highest BCUT2D eigenvalue weighted by atomic mass is 19.1. The maximum Gasteiger partial charge on any atom is 0.239 e. The summed E-state index contributed by atoms with van der Waals surface area (Å²) in [6, 6.07) is 16.2. The van der Waals surface area contributed by atoms with E-state index in [4.69, 9.17) is 0 Å². The molecule has 0 aliphatic heterocycles. The van der Waals surface area contributed by atoms with Crippen LogP contribution < -0.4 is 5.32 Å². The van der Waals surface area contributed by atoms with Gasteiger partial charge in [-0.3, -0.25) is 9.69 Å². The first-order chi connectivity index (χ1) is 13.3. The van der Waals surface area contributed by atoms with E-state index in [0.717, 1.165) is 16.9 Å². The number of hydrogen-bond donors (Lipinski definition) is 1. The average Bonchev–Trinajstić information content (AvgIpc) is 3.02. The molecule has 6 heteroatoms. The van der Waals surface area contributed by atoms with Crippen molar-refractivity contribution in [2.45, 2.75) is 26.8 Å². The molecule has 0 aliphatic rings. The van der Waals surface area contributed by atoms with Gasteiger partial charge in [0.1, 0.15) is 11.6 Å². The van der Waals surface area contributed by atoms with Crippen molar-refractivity contribution < 1.29 is 9.18 Å². The van der Waals surface area contributed by atoms with E-state index in [-0.39, 0.29) is 24.3 Å². The predicted octanol–water partition coefficient (Wildman–Crippen LogP) is 4.26. The SMILES string of the molecule is Cc1ccc(-n2nc(C)cc2NC(=O)CN(C)C(C)c2ccccc2F)cc1. The fraction of sp³-hybridized carbons (Fsp3) is 0.273. The Bertz CT molecular complexity index is 965. The summed E-state index contributed by atoms with van der Waals surface area (Å²) in [5.41, 5.74) is 3.41. The fourth-order valence-electron chi connectivity index (χ4n) is 3.07. The monoisotopic (exact) mass is 380 g/mol. The number of benzene rings is 2. The molecule has 1 aromatic heterocycles. The van der Waals surface area contributed by atoms with E-state index in [9.17, 15) is 9.18 Å². The molecule has 0 saturated heterocycles. The van der Waals surface area contributed by atoms with Crippen LogP contribution in [0.3, 0.4) is 0 Å². The number of halogens is 1. The Morgan fingerprint density at radius 2 is 1.86 bits per heavy atom. The number of hydrogen-bond acceptors (Lipinski definition) is 3. The lowest BCUT2D eigenvalue weighted by molar-refractivity contribution is -0.117. The number of nitrogens with one attached hydrogen (secondary N) is 1. The number of carbonyl (C=O) groups is 1. The van der Waals surface area contributed by atoms with Gasteiger partial charge in [-0.05, 0) is 46.0 Å². The van der Waals surface area contributed by atoms with E-state index in [1.807, 2.05) is 56.0 Å². The van der Waals surface area contributed by atoms with Crippen LogP contribution in [-0.4, -0.2) is 34.2 Å². The number of anilines is 1. The van der Waals surface area contributed by atoms with Gasteiger partial charge in [-0.25, -0.2) is 9.07 Å². The summed E-state index contributed by atoms with van der Waals surface area (Å²) in [7, 11) is 1.80. The number of rotatable bonds is 6. The van der Waals surface area contributed by atoms with Crippen molar-refractivity contribution >= 4 is 11.7 Å². The van der Waals surface area contributed by atoms with Gasteiger partial charge in [0.15, 0.2) is 0 Å². The molecule has 0 radical (unpaired) electrons. The van der Waals surface area contributed by atoms with Crippen LogP contribution in [0.4, 0.5) is 10.2 Å². The Labute approximate surface area is 164 Å². The highest BCUT2D eigenvalue weighted by molar-refractivity contribution is 5.91. The molecular formula is C22H25FN4O. The van der Waals surface area contributed by atoms with Gasteiger partial charge < -0.3 is 5.32 Å². The normalized spacial score (nSPS) is 12.2. The second-order valence-corrected chi connectivity index (χ2v) is 7.08. The molecule has 5 nitrogen and oxygen atoms in total. The number of aryl methyl sites for hydroxylation is 2. The Balaban J connectivity index is 1.71. The van der Waals surface area contributed by atoms with E-state index in [0.29, 0.717) is 11.4 Å². The van der Waals surface area contributed by atoms with Gasteiger partial charge >= 0.3 is 0 Å². The highest BCUT2D eigenvalue weighted by Gasteiger charge is 2.19. The van der Waals surface area contributed by atoms with E-state index in [1.54, 1.807) is 29.9 Å². The number of amides is 1. The molecule has 0 spiro atoms. The van der Waals surface area contributed by atoms with Crippen LogP contribution in [0.5, 0.6) is 0 Å². The van der Waals surface area contributed by atoms with Crippen molar-refractivity contribution in [1.82, 2.24) is 14.7 Å². The quantitative estimate of drug-likeness (QED) is 0.695. The van der Waals surface area contributed by atoms with E-state index in [2.05, 4.69) is 10.4 Å². The van der Waals surface area contributed by atoms with Crippen molar-refractivity contribution in [2.75, 3.05) is 18.9 Å². The molecule has 146 valence electrons. The molecule has 0 bridgehead atoms. The van der Waals surface area contributed by atoms with Crippen molar-refractivity contribution in [3.8, 4) is 5.69 Å². The van der Waals surface area contributed by atoms with Crippen LogP contribution in [0.2, 0.25) is 0 Å². The summed E-state index contributed by atoms with van der Waals surface area (Å²) in [6.07, 6.45) is 0. The van der Waals surface area contributed by atoms with Gasteiger partial charge in [0.25, 0.3) is 0 Å². The molecular weight excluding hydrogens is 355 g/mol. The summed E-state index contributed by atoms with van der Waals surface area (Å²) >= 11 is 0. The minimum absolute atomic E-state index is 0.133. The number of aromatic nitrogens is 2. The summed E-state index contributed by atoms with van der Waals surface area (Å²) in [5, 5.41) is 7.40. The lowest BCUT2D eigenvalue weighted by Gasteiger charge is -2.24. The predicted molar refractivity (Wildman–Crippen MR) is 109 cm³/mol. The Morgan fingerprint density at radius 3 is 2.54 bits per heavy atom. The molecule has 1 unspecified atom stereocenters. The van der Waals surface area contributed by atoms with Crippen molar-refractivity contribution in [3.63, 3.8) is 0 Å². The van der Waals surface area contributed by atoms with E-state index < -0.39 is 0 Å². The Hall–Kier alpha value is -2.99. The first-order valence-electron chi connectivity index (χ1n) is 9.23. The van der Waals surface area contributed by atoms with Gasteiger partial charge in [0, 0.05) is 17.7 Å². The smallest absolute Gasteiger partial charge is 0.239 e. The van der Waals surface area contributed by atoms with E-state index in [1.165, 1.54) is 6.07 Å². The molecule has 0 fully saturated rings. The number of nitrogens with zero attached hydrogens (tertiary/aromatic N) is 3. The minimum Gasteiger partial charge on any atom is -0.309 e. The molecule has 28 heavy (non-hydrogen) atoms. The van der Waals surface area contributed by atoms with Gasteiger partial charge in [0.2, 0.25) is 5.91 Å². The maximum atomic E-state index is 14.0. The number of likely N-dealkylation sites (N-methyl/N-ethyl adjacent to an activating group) is 1. The molecule has 1 atom stereocenters. The van der Waals surface area contributed by atoms with Crippen LogP contribution in [0.1, 0.15) is 29.8 Å². The van der Waals surface area contributed by atoms with Crippen LogP contribution in [0.25, 0.3) is 5.69 Å². The van der Waals surface area contributed by atoms with Crippen LogP contribution >= 0.6 is 0 Å². The zero-order chi connectivity index (χ0) is 20.3. The fourth-order valence-corrected chi connectivity index (χ4v) is 3.07. The van der Waals surface area contributed by atoms with Gasteiger partial charge in [-0.1, -0.05) is 35.9 Å². The van der Waals surface area contributed by atoms with Gasteiger partial charge in [0.05, 0.1) is 17.9 Å². The van der Waals surface area contributed by atoms with Crippen molar-refractivity contribution in [1.29, 1.82) is 0 Å². The average molecular weight is 380 g/mol. The summed E-state index contributed by atoms with van der Waals surface area (Å²) in [6.45, 7) is 5.92. The highest BCUT2D eigenvalue weighted by Crippen LogP contribution is 2.22. The summed E-state index contributed by atoms with van der Waals surface area (Å²) in [4.78, 5) is 14.4. The Kier molecular flexibility index (Phi) is 5.90. The zero-order valence-corrected chi connectivity index (χ0v) is 16.6. The van der Waals surface area contributed by atoms with Gasteiger partial charge in [-0.15, -0.1) is 0 Å². The standard InChI is InChI=1S/C22H25FN4O/c1-15-9-11-18(12-10-15)27-21(13-16(2)25-27)24-22(28)14-26(4)17(3)19-7-5-6-8-20(19)23/h5-13,17H,14H2,1-4H3,(H,24,28). The first-order valence-corrected chi connectivity index (χ1v) is 9.23. The summed E-state index contributed by atoms with van der Waals surface area (Å²) in [5.74, 6) is 0.160. The largest absolute Gasteiger partial charge is 0.309 e. The molecule has 1 N–H and O–H groups in total. The van der Waals surface area contributed by atoms with E-state index >= 15 is 0 Å². The van der Waals surface area contributed by atoms with Crippen LogP contribution in [0, 0.1) is 19.7 Å². The molecule has 0 aliphatic carbocycles. The third kappa shape index (κ3) is 4.46. The molecule has 2 aromatic carbocycles. The van der Waals surface area contributed by atoms with Crippen LogP contribution in [-0.2, 0) is 4.79 Å². The minimum atomic E-state index is -0.268. The second kappa shape index (κ2) is 8.35. The third-order valence-electron chi connectivity index (χ3n) is 4.79. The lowest BCUT2D eigenvalue weighted by atomic mass is 10.1. The maximum absolute atomic E-state index is 14.0. The topological polar surface area (TPSA) is 50.2 Å². The van der Waals surface area contributed by atoms with Crippen molar-refractivity contribution in [2.24, 2.45) is 0 Å². The lowest BCUT2D eigenvalue weighted by Crippen LogP contribution is -2.33. The molecule has 1 amide bonds. The summed E-state index contributed by atoms with van der Waals surface area (Å²) < 4.78 is 15.7. The van der Waals surface area contributed by atoms with Crippen molar-refractivity contribution in [3.05, 3.63) is 77.2 Å². The zero-order valence-electron chi connectivity index (χ0n) is 16.6. The third-order valence-corrected chi connectivity index (χ3v) is 4.79. The molecule has 3 rings (SSSR count). The molecule has 1 heterocycles. The van der Waals surface area contributed by atoms with Crippen LogP contribution in [0.15, 0.2) is 54.6 Å². The first kappa shape index (κ1) is 19.8. The Morgan fingerprint density at radius 1 is 1.18 bits per heavy atom. The number of carbonyl (C=O) groups excluding carboxylic acids is 1. The molecule has 0 saturated carbocycles. The van der Waals surface area contributed by atoms with Gasteiger partial charge in [-0.2, -0.15) is 5.10 Å². The second-order valence-electron chi connectivity index (χ2n) is 7.08.